The van der Waals surface area contributed by atoms with Crippen LogP contribution >= 0.6 is 23.4 Å². The van der Waals surface area contributed by atoms with E-state index in [1.54, 1.807) is 42.5 Å². The number of nitrogens with one attached hydrogen (secondary N) is 1. The number of benzene rings is 2. The summed E-state index contributed by atoms with van der Waals surface area (Å²) in [6.07, 6.45) is 1.37. The molecule has 3 aromatic rings. The molecule has 0 saturated carbocycles. The molecule has 0 radical (unpaired) electrons. The Morgan fingerprint density at radius 3 is 2.64 bits per heavy atom. The number of rotatable bonds is 6. The van der Waals surface area contributed by atoms with Gasteiger partial charge in [0.1, 0.15) is 18.1 Å². The second-order valence-electron chi connectivity index (χ2n) is 6.81. The van der Waals surface area contributed by atoms with Crippen molar-refractivity contribution in [1.29, 1.82) is 0 Å². The van der Waals surface area contributed by atoms with Crippen molar-refractivity contribution in [3.05, 3.63) is 86.5 Å². The summed E-state index contributed by atoms with van der Waals surface area (Å²) in [5, 5.41) is 13.3. The van der Waals surface area contributed by atoms with Gasteiger partial charge in [0.15, 0.2) is 0 Å². The number of imide groups is 1. The number of nitrogens with zero attached hydrogens (tertiary/aromatic N) is 2. The Morgan fingerprint density at radius 2 is 1.91 bits per heavy atom. The number of non-ortho nitro benzene ring substituents is 1. The third-order valence-electron chi connectivity index (χ3n) is 4.56. The number of amides is 3. The highest BCUT2D eigenvalue weighted by molar-refractivity contribution is 8.18. The molecule has 166 valence electrons. The molecule has 4 rings (SSSR count). The lowest BCUT2D eigenvalue weighted by atomic mass is 10.1. The maximum absolute atomic E-state index is 12.7. The van der Waals surface area contributed by atoms with Crippen LogP contribution in [0.5, 0.6) is 0 Å². The molecular formula is C22H14ClN3O6S. The minimum Gasteiger partial charge on any atom is -0.457 e. The fourth-order valence-corrected chi connectivity index (χ4v) is 4.05. The molecule has 1 fully saturated rings. The first-order chi connectivity index (χ1) is 15.8. The highest BCUT2D eigenvalue weighted by Crippen LogP contribution is 2.35. The monoisotopic (exact) mass is 483 g/mol. The first kappa shape index (κ1) is 22.3. The van der Waals surface area contributed by atoms with Crippen LogP contribution in [0.2, 0.25) is 5.02 Å². The maximum atomic E-state index is 12.7. The Morgan fingerprint density at radius 1 is 1.15 bits per heavy atom. The fraction of sp³-hybridized carbons (Fsp3) is 0.0455. The number of halogens is 1. The van der Waals surface area contributed by atoms with E-state index in [1.807, 2.05) is 0 Å². The second-order valence-corrected chi connectivity index (χ2v) is 8.21. The highest BCUT2D eigenvalue weighted by atomic mass is 35.5. The Bertz CT molecular complexity index is 1300. The van der Waals surface area contributed by atoms with Gasteiger partial charge in [-0.15, -0.1) is 0 Å². The van der Waals surface area contributed by atoms with Crippen LogP contribution in [0.15, 0.2) is 70.0 Å². The van der Waals surface area contributed by atoms with Gasteiger partial charge in [-0.2, -0.15) is 0 Å². The number of nitro groups is 1. The van der Waals surface area contributed by atoms with Gasteiger partial charge < -0.3 is 9.73 Å². The molecule has 11 heteroatoms. The number of carbonyl (C=O) groups is 3. The molecule has 0 atom stereocenters. The van der Waals surface area contributed by atoms with Crippen molar-refractivity contribution in [2.75, 3.05) is 11.9 Å². The van der Waals surface area contributed by atoms with Crippen molar-refractivity contribution < 1.29 is 23.7 Å². The molecule has 0 spiro atoms. The molecule has 1 saturated heterocycles. The molecule has 1 aliphatic heterocycles. The summed E-state index contributed by atoms with van der Waals surface area (Å²) >= 11 is 6.82. The lowest BCUT2D eigenvalue weighted by Gasteiger charge is -2.12. The van der Waals surface area contributed by atoms with E-state index in [0.29, 0.717) is 23.0 Å². The number of nitro benzene ring substituents is 1. The number of furan rings is 1. The topological polar surface area (TPSA) is 123 Å². The predicted molar refractivity (Wildman–Crippen MR) is 124 cm³/mol. The van der Waals surface area contributed by atoms with E-state index in [1.165, 1.54) is 24.3 Å². The van der Waals surface area contributed by atoms with Gasteiger partial charge in [0.05, 0.1) is 14.9 Å². The normalized spacial score (nSPS) is 14.7. The standard InChI is InChI=1S/C22H14ClN3O6S/c23-17-8-6-14(26(30)31)10-16(17)18-9-7-15(32-18)11-19-21(28)25(22(29)33-19)12-20(27)24-13-4-2-1-3-5-13/h1-11H,12H2,(H,24,27)/b19-11+. The third-order valence-corrected chi connectivity index (χ3v) is 5.80. The van der Waals surface area contributed by atoms with Crippen molar-refractivity contribution in [2.45, 2.75) is 0 Å². The zero-order chi connectivity index (χ0) is 23.5. The van der Waals surface area contributed by atoms with Crippen molar-refractivity contribution in [3.8, 4) is 11.3 Å². The average molecular weight is 484 g/mol. The van der Waals surface area contributed by atoms with Crippen LogP contribution in [0, 0.1) is 10.1 Å². The van der Waals surface area contributed by atoms with Crippen LogP contribution in [-0.4, -0.2) is 33.4 Å². The van der Waals surface area contributed by atoms with Gasteiger partial charge in [-0.05, 0) is 42.1 Å². The van der Waals surface area contributed by atoms with E-state index >= 15 is 0 Å². The van der Waals surface area contributed by atoms with Crippen LogP contribution in [0.3, 0.4) is 0 Å². The summed E-state index contributed by atoms with van der Waals surface area (Å²) in [4.78, 5) is 48.6. The Kier molecular flexibility index (Phi) is 6.29. The number of carbonyl (C=O) groups excluding carboxylic acids is 3. The van der Waals surface area contributed by atoms with Gasteiger partial charge in [0, 0.05) is 29.5 Å². The highest BCUT2D eigenvalue weighted by Gasteiger charge is 2.36. The van der Waals surface area contributed by atoms with Crippen molar-refractivity contribution in [2.24, 2.45) is 0 Å². The molecule has 0 bridgehead atoms. The third kappa shape index (κ3) is 4.97. The van der Waals surface area contributed by atoms with E-state index < -0.39 is 28.5 Å². The molecule has 0 aliphatic carbocycles. The van der Waals surface area contributed by atoms with E-state index in [-0.39, 0.29) is 27.1 Å². The van der Waals surface area contributed by atoms with Gasteiger partial charge in [0.25, 0.3) is 16.8 Å². The second kappa shape index (κ2) is 9.31. The lowest BCUT2D eigenvalue weighted by molar-refractivity contribution is -0.384. The SMILES string of the molecule is O=C(CN1C(=O)S/C(=C/c2ccc(-c3cc([N+](=O)[O-])ccc3Cl)o2)C1=O)Nc1ccccc1. The van der Waals surface area contributed by atoms with Crippen molar-refractivity contribution >= 4 is 57.9 Å². The number of anilines is 1. The van der Waals surface area contributed by atoms with Gasteiger partial charge >= 0.3 is 0 Å². The number of hydrogen-bond donors (Lipinski definition) is 1. The van der Waals surface area contributed by atoms with Crippen molar-refractivity contribution in [1.82, 2.24) is 4.90 Å². The minimum absolute atomic E-state index is 0.0820. The Hall–Kier alpha value is -3.89. The van der Waals surface area contributed by atoms with E-state index in [2.05, 4.69) is 5.32 Å². The largest absolute Gasteiger partial charge is 0.457 e. The molecular weight excluding hydrogens is 470 g/mol. The molecule has 0 unspecified atom stereocenters. The summed E-state index contributed by atoms with van der Waals surface area (Å²) in [7, 11) is 0. The van der Waals surface area contributed by atoms with Crippen LogP contribution in [-0.2, 0) is 9.59 Å². The zero-order valence-corrected chi connectivity index (χ0v) is 18.3. The van der Waals surface area contributed by atoms with Gasteiger partial charge in [-0.25, -0.2) is 0 Å². The van der Waals surface area contributed by atoms with Crippen LogP contribution in [0.25, 0.3) is 17.4 Å². The molecule has 1 aromatic heterocycles. The van der Waals surface area contributed by atoms with Gasteiger partial charge in [-0.1, -0.05) is 29.8 Å². The Balaban J connectivity index is 1.49. The number of thioether (sulfide) groups is 1. The number of hydrogen-bond acceptors (Lipinski definition) is 7. The van der Waals surface area contributed by atoms with Crippen LogP contribution in [0.1, 0.15) is 5.76 Å². The first-order valence-electron chi connectivity index (χ1n) is 9.46. The summed E-state index contributed by atoms with van der Waals surface area (Å²) in [5.74, 6) is -0.631. The van der Waals surface area contributed by atoms with Crippen molar-refractivity contribution in [3.63, 3.8) is 0 Å². The lowest BCUT2D eigenvalue weighted by Crippen LogP contribution is -2.36. The average Bonchev–Trinajstić information content (AvgIpc) is 3.35. The summed E-state index contributed by atoms with van der Waals surface area (Å²) in [5.41, 5.74) is 0.714. The summed E-state index contributed by atoms with van der Waals surface area (Å²) in [6.45, 7) is -0.427. The Labute approximate surface area is 196 Å². The van der Waals surface area contributed by atoms with Crippen LogP contribution in [0.4, 0.5) is 16.2 Å². The van der Waals surface area contributed by atoms with E-state index in [9.17, 15) is 24.5 Å². The number of para-hydroxylation sites is 1. The minimum atomic E-state index is -0.625. The molecule has 1 N–H and O–H groups in total. The molecule has 1 aliphatic rings. The van der Waals surface area contributed by atoms with Crippen LogP contribution < -0.4 is 5.32 Å². The smallest absolute Gasteiger partial charge is 0.294 e. The first-order valence-corrected chi connectivity index (χ1v) is 10.7. The molecule has 2 heterocycles. The summed E-state index contributed by atoms with van der Waals surface area (Å²) in [6, 6.07) is 15.7. The fourth-order valence-electron chi connectivity index (χ4n) is 3.02. The van der Waals surface area contributed by atoms with E-state index in [0.717, 1.165) is 4.90 Å². The molecule has 3 amide bonds. The van der Waals surface area contributed by atoms with E-state index in [4.69, 9.17) is 16.0 Å². The predicted octanol–water partition coefficient (Wildman–Crippen LogP) is 5.18. The molecule has 33 heavy (non-hydrogen) atoms. The maximum Gasteiger partial charge on any atom is 0.294 e. The van der Waals surface area contributed by atoms with Gasteiger partial charge in [-0.3, -0.25) is 29.4 Å². The molecule has 9 nitrogen and oxygen atoms in total. The molecule has 2 aromatic carbocycles. The quantitative estimate of drug-likeness (QED) is 0.291. The summed E-state index contributed by atoms with van der Waals surface area (Å²) < 4.78 is 5.67. The van der Waals surface area contributed by atoms with Gasteiger partial charge in [0.2, 0.25) is 5.91 Å². The zero-order valence-electron chi connectivity index (χ0n) is 16.7.